The van der Waals surface area contributed by atoms with E-state index in [4.69, 9.17) is 4.74 Å². The van der Waals surface area contributed by atoms with Gasteiger partial charge in [-0.05, 0) is 25.3 Å². The van der Waals surface area contributed by atoms with E-state index in [2.05, 4.69) is 20.5 Å². The Hall–Kier alpha value is -2.95. The number of ether oxygens (including phenoxy) is 1. The van der Waals surface area contributed by atoms with Crippen LogP contribution in [0.5, 0.6) is 0 Å². The number of hydrogen-bond acceptors (Lipinski definition) is 8. The molecule has 10 heteroatoms. The Bertz CT molecular complexity index is 1310. The van der Waals surface area contributed by atoms with Crippen LogP contribution in [-0.2, 0) is 16.1 Å². The zero-order valence-corrected chi connectivity index (χ0v) is 18.3. The second-order valence-corrected chi connectivity index (χ2v) is 9.46. The van der Waals surface area contributed by atoms with Gasteiger partial charge in [0.25, 0.3) is 5.56 Å². The molecule has 3 aromatic heterocycles. The maximum Gasteiger partial charge on any atom is 0.263 e. The first kappa shape index (κ1) is 20.0. The van der Waals surface area contributed by atoms with Gasteiger partial charge in [0.2, 0.25) is 11.0 Å². The Morgan fingerprint density at radius 3 is 2.87 bits per heavy atom. The van der Waals surface area contributed by atoms with E-state index in [1.165, 1.54) is 33.6 Å². The van der Waals surface area contributed by atoms with E-state index in [0.717, 1.165) is 40.5 Å². The number of nitrogens with one attached hydrogen (secondary N) is 1. The minimum atomic E-state index is -0.355. The molecule has 1 aliphatic rings. The molecule has 1 aromatic carbocycles. The zero-order valence-electron chi connectivity index (χ0n) is 16.7. The Morgan fingerprint density at radius 1 is 1.26 bits per heavy atom. The summed E-state index contributed by atoms with van der Waals surface area (Å²) < 4.78 is 6.93. The van der Waals surface area contributed by atoms with Gasteiger partial charge in [-0.15, -0.1) is 21.5 Å². The molecule has 1 unspecified atom stereocenters. The minimum absolute atomic E-state index is 0.0457. The lowest BCUT2D eigenvalue weighted by atomic mass is 10.0. The van der Waals surface area contributed by atoms with Crippen LogP contribution in [0, 0.1) is 6.92 Å². The van der Waals surface area contributed by atoms with Crippen LogP contribution in [0.4, 0.5) is 5.13 Å². The van der Waals surface area contributed by atoms with Gasteiger partial charge in [0, 0.05) is 17.0 Å². The van der Waals surface area contributed by atoms with Gasteiger partial charge in [0.15, 0.2) is 0 Å². The van der Waals surface area contributed by atoms with Crippen molar-refractivity contribution >= 4 is 43.9 Å². The number of aryl methyl sites for hydroxylation is 1. The fraction of sp³-hybridized carbons (Fsp3) is 0.286. The number of hydrogen-bond donors (Lipinski definition) is 1. The molecular formula is C21H19N5O3S2. The van der Waals surface area contributed by atoms with Crippen molar-refractivity contribution in [2.24, 2.45) is 0 Å². The first-order valence-corrected chi connectivity index (χ1v) is 11.5. The number of anilines is 1. The van der Waals surface area contributed by atoms with E-state index in [0.29, 0.717) is 15.3 Å². The highest BCUT2D eigenvalue weighted by atomic mass is 32.1. The predicted octanol–water partition coefficient (Wildman–Crippen LogP) is 3.78. The first-order chi connectivity index (χ1) is 15.1. The van der Waals surface area contributed by atoms with Gasteiger partial charge in [0.05, 0.1) is 11.7 Å². The average Bonchev–Trinajstić information content (AvgIpc) is 3.50. The Balaban J connectivity index is 1.40. The van der Waals surface area contributed by atoms with Gasteiger partial charge >= 0.3 is 0 Å². The predicted molar refractivity (Wildman–Crippen MR) is 121 cm³/mol. The number of thiophene rings is 1. The van der Waals surface area contributed by atoms with Gasteiger partial charge in [-0.1, -0.05) is 41.7 Å². The number of amides is 1. The first-order valence-electron chi connectivity index (χ1n) is 9.89. The topological polar surface area (TPSA) is 99.0 Å². The van der Waals surface area contributed by atoms with Crippen molar-refractivity contribution in [3.8, 4) is 11.1 Å². The molecule has 8 nitrogen and oxygen atoms in total. The van der Waals surface area contributed by atoms with Crippen LogP contribution in [0.3, 0.4) is 0 Å². The van der Waals surface area contributed by atoms with Crippen molar-refractivity contribution in [1.29, 1.82) is 0 Å². The largest absolute Gasteiger partial charge is 0.371 e. The quantitative estimate of drug-likeness (QED) is 0.494. The molecule has 0 saturated carbocycles. The van der Waals surface area contributed by atoms with Gasteiger partial charge in [-0.2, -0.15) is 0 Å². The summed E-state index contributed by atoms with van der Waals surface area (Å²) in [6, 6.07) is 9.76. The Morgan fingerprint density at radius 2 is 2.10 bits per heavy atom. The van der Waals surface area contributed by atoms with E-state index in [1.54, 1.807) is 0 Å². The summed E-state index contributed by atoms with van der Waals surface area (Å²) in [6.07, 6.45) is 3.29. The molecule has 1 N–H and O–H groups in total. The number of carbonyl (C=O) groups excluding carboxylic acids is 1. The van der Waals surface area contributed by atoms with Crippen molar-refractivity contribution in [3.05, 3.63) is 56.9 Å². The number of benzene rings is 1. The monoisotopic (exact) mass is 453 g/mol. The number of nitrogens with zero attached hydrogens (tertiary/aromatic N) is 4. The summed E-state index contributed by atoms with van der Waals surface area (Å²) in [6.45, 7) is 2.55. The van der Waals surface area contributed by atoms with E-state index in [9.17, 15) is 9.59 Å². The molecule has 4 heterocycles. The van der Waals surface area contributed by atoms with E-state index < -0.39 is 0 Å². The highest BCUT2D eigenvalue weighted by molar-refractivity contribution is 7.19. The van der Waals surface area contributed by atoms with E-state index >= 15 is 0 Å². The van der Waals surface area contributed by atoms with Gasteiger partial charge in [0.1, 0.15) is 22.5 Å². The molecule has 0 radical (unpaired) electrons. The summed E-state index contributed by atoms with van der Waals surface area (Å²) in [5, 5.41) is 12.6. The zero-order chi connectivity index (χ0) is 21.4. The van der Waals surface area contributed by atoms with Crippen molar-refractivity contribution in [3.63, 3.8) is 0 Å². The van der Waals surface area contributed by atoms with Crippen LogP contribution in [0.1, 0.15) is 28.8 Å². The summed E-state index contributed by atoms with van der Waals surface area (Å²) in [7, 11) is 0. The minimum Gasteiger partial charge on any atom is -0.371 e. The molecule has 1 amide bonds. The highest BCUT2D eigenvalue weighted by Crippen LogP contribution is 2.35. The second kappa shape index (κ2) is 8.29. The van der Waals surface area contributed by atoms with E-state index in [1.807, 2.05) is 37.3 Å². The normalized spacial score (nSPS) is 16.1. The van der Waals surface area contributed by atoms with Crippen LogP contribution >= 0.6 is 22.7 Å². The fourth-order valence-corrected chi connectivity index (χ4v) is 5.55. The summed E-state index contributed by atoms with van der Waals surface area (Å²) in [5.41, 5.74) is 1.60. The van der Waals surface area contributed by atoms with Crippen molar-refractivity contribution in [1.82, 2.24) is 19.7 Å². The molecular weight excluding hydrogens is 434 g/mol. The Kier molecular flexibility index (Phi) is 5.34. The highest BCUT2D eigenvalue weighted by Gasteiger charge is 2.23. The number of fused-ring (bicyclic) bond motifs is 1. The third-order valence-corrected chi connectivity index (χ3v) is 7.07. The van der Waals surface area contributed by atoms with Crippen molar-refractivity contribution < 1.29 is 9.53 Å². The average molecular weight is 454 g/mol. The molecule has 0 aliphatic carbocycles. The van der Waals surface area contributed by atoms with Gasteiger partial charge < -0.3 is 4.74 Å². The maximum absolute atomic E-state index is 13.2. The van der Waals surface area contributed by atoms with Crippen LogP contribution < -0.4 is 10.9 Å². The second-order valence-electron chi connectivity index (χ2n) is 7.25. The summed E-state index contributed by atoms with van der Waals surface area (Å²) >= 11 is 2.78. The van der Waals surface area contributed by atoms with Crippen LogP contribution in [0.25, 0.3) is 21.3 Å². The van der Waals surface area contributed by atoms with E-state index in [-0.39, 0.29) is 24.1 Å². The van der Waals surface area contributed by atoms with Crippen molar-refractivity contribution in [2.45, 2.75) is 32.4 Å². The lowest BCUT2D eigenvalue weighted by Crippen LogP contribution is -2.27. The van der Waals surface area contributed by atoms with Gasteiger partial charge in [-0.25, -0.2) is 4.98 Å². The fourth-order valence-electron chi connectivity index (χ4n) is 3.70. The van der Waals surface area contributed by atoms with Crippen LogP contribution in [-0.4, -0.2) is 32.3 Å². The standard InChI is InChI=1S/C21H19N5O3S2/c1-12-16(13-6-3-2-4-7-13)17-19(30-12)22-11-26(20(17)28)10-15(27)23-21-25-24-18(31-21)14-8-5-9-29-14/h2-4,6-7,11,14H,5,8-10H2,1H3,(H,23,25,27). The third kappa shape index (κ3) is 3.89. The molecule has 1 aliphatic heterocycles. The van der Waals surface area contributed by atoms with Crippen LogP contribution in [0.2, 0.25) is 0 Å². The lowest BCUT2D eigenvalue weighted by molar-refractivity contribution is -0.116. The molecule has 5 rings (SSSR count). The molecule has 158 valence electrons. The summed E-state index contributed by atoms with van der Waals surface area (Å²) in [5.74, 6) is -0.355. The molecule has 1 fully saturated rings. The van der Waals surface area contributed by atoms with Crippen molar-refractivity contribution in [2.75, 3.05) is 11.9 Å². The number of carbonyl (C=O) groups is 1. The number of rotatable bonds is 5. The maximum atomic E-state index is 13.2. The molecule has 31 heavy (non-hydrogen) atoms. The SMILES string of the molecule is Cc1sc2ncn(CC(=O)Nc3nnc(C4CCCO4)s3)c(=O)c2c1-c1ccccc1. The molecule has 0 bridgehead atoms. The Labute approximate surface area is 185 Å². The molecule has 0 spiro atoms. The third-order valence-electron chi connectivity index (χ3n) is 5.12. The van der Waals surface area contributed by atoms with Crippen LogP contribution in [0.15, 0.2) is 41.5 Å². The molecule has 1 atom stereocenters. The molecule has 1 saturated heterocycles. The molecule has 4 aromatic rings. The smallest absolute Gasteiger partial charge is 0.263 e. The van der Waals surface area contributed by atoms with Gasteiger partial charge in [-0.3, -0.25) is 19.5 Å². The lowest BCUT2D eigenvalue weighted by Gasteiger charge is -2.06. The number of aromatic nitrogens is 4. The summed E-state index contributed by atoms with van der Waals surface area (Å²) in [4.78, 5) is 31.9.